The molecule has 0 spiro atoms. The summed E-state index contributed by atoms with van der Waals surface area (Å²) in [5.74, 6) is -1.20. The molecule has 14 heavy (non-hydrogen) atoms. The Labute approximate surface area is 86.3 Å². The number of carboxylic acids is 1. The van der Waals surface area contributed by atoms with Crippen molar-refractivity contribution in [2.45, 2.75) is 19.3 Å². The Bertz CT molecular complexity index is 339. The van der Waals surface area contributed by atoms with Gasteiger partial charge in [-0.15, -0.1) is 0 Å². The first-order valence-corrected chi connectivity index (χ1v) is 4.63. The summed E-state index contributed by atoms with van der Waals surface area (Å²) >= 11 is 5.68. The van der Waals surface area contributed by atoms with Crippen LogP contribution in [0.5, 0.6) is 0 Å². The molecule has 0 amide bonds. The van der Waals surface area contributed by atoms with Crippen LogP contribution in [0.25, 0.3) is 0 Å². The molecular weight excluding hydrogens is 207 g/mol. The van der Waals surface area contributed by atoms with E-state index in [1.165, 1.54) is 18.2 Å². The summed E-state index contributed by atoms with van der Waals surface area (Å²) in [5, 5.41) is 8.86. The number of aliphatic carboxylic acids is 1. The molecule has 0 radical (unpaired) electrons. The van der Waals surface area contributed by atoms with E-state index in [-0.39, 0.29) is 12.2 Å². The van der Waals surface area contributed by atoms with Gasteiger partial charge in [-0.1, -0.05) is 11.6 Å². The summed E-state index contributed by atoms with van der Waals surface area (Å²) in [4.78, 5) is 10.2. The number of aryl methyl sites for hydroxylation is 1. The number of halogens is 2. The fourth-order valence-electron chi connectivity index (χ4n) is 1.16. The molecule has 0 aliphatic rings. The van der Waals surface area contributed by atoms with Crippen LogP contribution in [0.2, 0.25) is 5.02 Å². The van der Waals surface area contributed by atoms with Gasteiger partial charge in [0.15, 0.2) is 0 Å². The molecule has 1 N–H and O–H groups in total. The molecule has 1 aromatic rings. The van der Waals surface area contributed by atoms with Crippen LogP contribution in [0.3, 0.4) is 0 Å². The van der Waals surface area contributed by atoms with Gasteiger partial charge in [0, 0.05) is 11.4 Å². The third kappa shape index (κ3) is 3.34. The number of rotatable bonds is 4. The van der Waals surface area contributed by atoms with Crippen molar-refractivity contribution in [3.05, 3.63) is 34.6 Å². The topological polar surface area (TPSA) is 37.3 Å². The number of hydrogen-bond acceptors (Lipinski definition) is 1. The van der Waals surface area contributed by atoms with Gasteiger partial charge < -0.3 is 5.11 Å². The van der Waals surface area contributed by atoms with Crippen LogP contribution in [0, 0.1) is 5.82 Å². The summed E-state index contributed by atoms with van der Waals surface area (Å²) < 4.78 is 13.1. The maximum Gasteiger partial charge on any atom is 0.303 e. The Morgan fingerprint density at radius 1 is 1.50 bits per heavy atom. The molecule has 2 nitrogen and oxygen atoms in total. The molecule has 0 bridgehead atoms. The van der Waals surface area contributed by atoms with Crippen molar-refractivity contribution >= 4 is 17.6 Å². The van der Waals surface area contributed by atoms with E-state index in [2.05, 4.69) is 0 Å². The van der Waals surface area contributed by atoms with E-state index in [0.717, 1.165) is 0 Å². The summed E-state index contributed by atoms with van der Waals surface area (Å²) in [7, 11) is 0. The fourth-order valence-corrected chi connectivity index (χ4v) is 1.36. The zero-order valence-corrected chi connectivity index (χ0v) is 8.22. The Balaban J connectivity index is 2.57. The van der Waals surface area contributed by atoms with Gasteiger partial charge in [0.1, 0.15) is 5.82 Å². The summed E-state index contributed by atoms with van der Waals surface area (Å²) in [5.41, 5.74) is 0.471. The van der Waals surface area contributed by atoms with Crippen molar-refractivity contribution in [1.29, 1.82) is 0 Å². The molecule has 76 valence electrons. The van der Waals surface area contributed by atoms with E-state index in [9.17, 15) is 9.18 Å². The number of benzene rings is 1. The van der Waals surface area contributed by atoms with Crippen LogP contribution in [-0.4, -0.2) is 11.1 Å². The zero-order chi connectivity index (χ0) is 10.6. The van der Waals surface area contributed by atoms with Crippen molar-refractivity contribution < 1.29 is 14.3 Å². The van der Waals surface area contributed by atoms with Gasteiger partial charge in [-0.3, -0.25) is 4.79 Å². The lowest BCUT2D eigenvalue weighted by molar-refractivity contribution is -0.137. The van der Waals surface area contributed by atoms with Crippen molar-refractivity contribution in [1.82, 2.24) is 0 Å². The van der Waals surface area contributed by atoms with E-state index < -0.39 is 5.97 Å². The van der Waals surface area contributed by atoms with Crippen LogP contribution in [0.4, 0.5) is 4.39 Å². The first-order chi connectivity index (χ1) is 6.59. The van der Waals surface area contributed by atoms with E-state index in [1.54, 1.807) is 0 Å². The van der Waals surface area contributed by atoms with Crippen molar-refractivity contribution in [3.8, 4) is 0 Å². The molecule has 0 aliphatic heterocycles. The third-order valence-corrected chi connectivity index (χ3v) is 2.08. The minimum atomic E-state index is -0.868. The summed E-state index contributed by atoms with van der Waals surface area (Å²) in [6.45, 7) is 0. The molecule has 1 rings (SSSR count). The minimum absolute atomic E-state index is 0.0476. The molecule has 0 aromatic heterocycles. The van der Waals surface area contributed by atoms with Crippen LogP contribution in [0.1, 0.15) is 18.4 Å². The maximum atomic E-state index is 13.1. The van der Waals surface area contributed by atoms with Gasteiger partial charge in [0.2, 0.25) is 0 Å². The molecule has 0 heterocycles. The normalized spacial score (nSPS) is 10.1. The van der Waals surface area contributed by atoms with Crippen molar-refractivity contribution in [3.63, 3.8) is 0 Å². The Morgan fingerprint density at radius 3 is 2.86 bits per heavy atom. The Morgan fingerprint density at radius 2 is 2.21 bits per heavy atom. The monoisotopic (exact) mass is 216 g/mol. The molecule has 0 unspecified atom stereocenters. The minimum Gasteiger partial charge on any atom is -0.481 e. The SMILES string of the molecule is O=C(O)CCCc1cc(Cl)ccc1F. The van der Waals surface area contributed by atoms with E-state index in [4.69, 9.17) is 16.7 Å². The second-order valence-electron chi connectivity index (χ2n) is 2.98. The molecular formula is C10H10ClFO2. The van der Waals surface area contributed by atoms with Crippen LogP contribution < -0.4 is 0 Å². The molecule has 1 aromatic carbocycles. The number of hydrogen-bond donors (Lipinski definition) is 1. The second kappa shape index (κ2) is 4.96. The molecule has 0 aliphatic carbocycles. The van der Waals surface area contributed by atoms with Gasteiger partial charge in [-0.25, -0.2) is 4.39 Å². The predicted molar refractivity (Wildman–Crippen MR) is 52.0 cm³/mol. The van der Waals surface area contributed by atoms with E-state index >= 15 is 0 Å². The lowest BCUT2D eigenvalue weighted by Gasteiger charge is -2.02. The van der Waals surface area contributed by atoms with Crippen LogP contribution in [0.15, 0.2) is 18.2 Å². The van der Waals surface area contributed by atoms with Crippen LogP contribution in [-0.2, 0) is 11.2 Å². The predicted octanol–water partition coefficient (Wildman–Crippen LogP) is 2.89. The maximum absolute atomic E-state index is 13.1. The van der Waals surface area contributed by atoms with Crippen molar-refractivity contribution in [2.75, 3.05) is 0 Å². The smallest absolute Gasteiger partial charge is 0.303 e. The molecule has 0 saturated carbocycles. The average Bonchev–Trinajstić information content (AvgIpc) is 2.10. The summed E-state index contributed by atoms with van der Waals surface area (Å²) in [6.07, 6.45) is 0.872. The van der Waals surface area contributed by atoms with Gasteiger partial charge in [-0.05, 0) is 36.6 Å². The molecule has 0 atom stereocenters. The van der Waals surface area contributed by atoms with E-state index in [1.807, 2.05) is 0 Å². The van der Waals surface area contributed by atoms with Crippen LogP contribution >= 0.6 is 11.6 Å². The Kier molecular flexibility index (Phi) is 3.89. The highest BCUT2D eigenvalue weighted by Crippen LogP contribution is 2.16. The standard InChI is InChI=1S/C10H10ClFO2/c11-8-4-5-9(12)7(6-8)2-1-3-10(13)14/h4-6H,1-3H2,(H,13,14). The quantitative estimate of drug-likeness (QED) is 0.840. The number of carbonyl (C=O) groups is 1. The zero-order valence-electron chi connectivity index (χ0n) is 7.46. The van der Waals surface area contributed by atoms with Gasteiger partial charge >= 0.3 is 5.97 Å². The highest BCUT2D eigenvalue weighted by atomic mass is 35.5. The van der Waals surface area contributed by atoms with Gasteiger partial charge in [0.25, 0.3) is 0 Å². The molecule has 0 saturated heterocycles. The fraction of sp³-hybridized carbons (Fsp3) is 0.300. The third-order valence-electron chi connectivity index (χ3n) is 1.84. The largest absolute Gasteiger partial charge is 0.481 e. The lowest BCUT2D eigenvalue weighted by atomic mass is 10.1. The highest BCUT2D eigenvalue weighted by Gasteiger charge is 2.04. The first-order valence-electron chi connectivity index (χ1n) is 4.25. The van der Waals surface area contributed by atoms with Gasteiger partial charge in [0.05, 0.1) is 0 Å². The molecule has 0 fully saturated rings. The molecule has 4 heteroatoms. The van der Waals surface area contributed by atoms with E-state index in [0.29, 0.717) is 23.4 Å². The first kappa shape index (κ1) is 11.0. The van der Waals surface area contributed by atoms with Gasteiger partial charge in [-0.2, -0.15) is 0 Å². The average molecular weight is 217 g/mol. The van der Waals surface area contributed by atoms with Crippen molar-refractivity contribution in [2.24, 2.45) is 0 Å². The second-order valence-corrected chi connectivity index (χ2v) is 3.42. The summed E-state index contributed by atoms with van der Waals surface area (Å²) in [6, 6.07) is 4.29. The number of carboxylic acid groups (broad SMARTS) is 1. The lowest BCUT2D eigenvalue weighted by Crippen LogP contribution is -1.97. The highest BCUT2D eigenvalue weighted by molar-refractivity contribution is 6.30. The Hall–Kier alpha value is -1.09.